The zero-order valence-corrected chi connectivity index (χ0v) is 20.5. The Bertz CT molecular complexity index is 1580. The second-order valence-corrected chi connectivity index (χ2v) is 9.79. The average Bonchev–Trinajstić information content (AvgIpc) is 3.42. The lowest BCUT2D eigenvalue weighted by Crippen LogP contribution is -2.41. The third-order valence-corrected chi connectivity index (χ3v) is 7.34. The van der Waals surface area contributed by atoms with Gasteiger partial charge >= 0.3 is 0 Å². The fraction of sp³-hybridized carbons (Fsp3) is 0.233. The highest BCUT2D eigenvalue weighted by atomic mass is 19.1. The Morgan fingerprint density at radius 2 is 1.92 bits per heavy atom. The van der Waals surface area contributed by atoms with Gasteiger partial charge in [0.1, 0.15) is 17.2 Å². The van der Waals surface area contributed by atoms with Crippen LogP contribution in [0.5, 0.6) is 0 Å². The van der Waals surface area contributed by atoms with Gasteiger partial charge < -0.3 is 19.6 Å². The summed E-state index contributed by atoms with van der Waals surface area (Å²) in [6.07, 6.45) is 4.24. The summed E-state index contributed by atoms with van der Waals surface area (Å²) in [5.41, 5.74) is 14.4. The number of nitrogens with zero attached hydrogens (tertiary/aromatic N) is 4. The molecule has 1 aliphatic rings. The minimum atomic E-state index is -0.225. The third-order valence-electron chi connectivity index (χ3n) is 7.34. The molecule has 6 rings (SSSR count). The Labute approximate surface area is 210 Å². The van der Waals surface area contributed by atoms with E-state index in [-0.39, 0.29) is 11.9 Å². The number of piperidine rings is 1. The van der Waals surface area contributed by atoms with E-state index >= 15 is 0 Å². The number of aryl methyl sites for hydroxylation is 1. The molecule has 1 fully saturated rings. The second-order valence-electron chi connectivity index (χ2n) is 9.79. The van der Waals surface area contributed by atoms with Crippen LogP contribution in [0.2, 0.25) is 0 Å². The van der Waals surface area contributed by atoms with E-state index in [0.717, 1.165) is 76.4 Å². The number of halogens is 1. The van der Waals surface area contributed by atoms with E-state index in [1.807, 2.05) is 18.2 Å². The lowest BCUT2D eigenvalue weighted by molar-refractivity contribution is 0.296. The maximum Gasteiger partial charge on any atom is 0.138 e. The third kappa shape index (κ3) is 3.97. The van der Waals surface area contributed by atoms with Crippen molar-refractivity contribution in [3.8, 4) is 11.4 Å². The summed E-state index contributed by atoms with van der Waals surface area (Å²) in [4.78, 5) is 7.38. The standard InChI is InChI=1S/C30H30FN5/c1-20(34-14-5-7-26(32)19-34)23-13-15-35-21(2)30(33-29(35)17-23)28-16-24-6-3-4-8-27(24)36(28)18-22-9-11-25(31)12-10-22/h3-4,6,8-13,15-17,26H,1,5,7,14,18-19,32H2,2H3. The summed E-state index contributed by atoms with van der Waals surface area (Å²) in [5.74, 6) is -0.225. The first-order valence-electron chi connectivity index (χ1n) is 12.5. The van der Waals surface area contributed by atoms with E-state index in [1.54, 1.807) is 0 Å². The smallest absolute Gasteiger partial charge is 0.138 e. The first-order valence-corrected chi connectivity index (χ1v) is 12.5. The van der Waals surface area contributed by atoms with E-state index < -0.39 is 0 Å². The van der Waals surface area contributed by atoms with Crippen LogP contribution in [-0.4, -0.2) is 38.0 Å². The van der Waals surface area contributed by atoms with Crippen LogP contribution in [0.4, 0.5) is 4.39 Å². The van der Waals surface area contributed by atoms with Gasteiger partial charge in [0.05, 0.1) is 5.69 Å². The number of nitrogens with two attached hydrogens (primary N) is 1. The largest absolute Gasteiger partial charge is 0.370 e. The van der Waals surface area contributed by atoms with Crippen molar-refractivity contribution in [3.63, 3.8) is 0 Å². The first kappa shape index (κ1) is 22.6. The number of likely N-dealkylation sites (tertiary alicyclic amines) is 1. The molecule has 1 atom stereocenters. The monoisotopic (exact) mass is 479 g/mol. The van der Waals surface area contributed by atoms with Gasteiger partial charge in [-0.1, -0.05) is 36.9 Å². The summed E-state index contributed by atoms with van der Waals surface area (Å²) >= 11 is 0. The molecule has 5 nitrogen and oxygen atoms in total. The van der Waals surface area contributed by atoms with Crippen molar-refractivity contribution in [2.75, 3.05) is 13.1 Å². The zero-order chi connectivity index (χ0) is 24.8. The van der Waals surface area contributed by atoms with E-state index in [9.17, 15) is 4.39 Å². The highest BCUT2D eigenvalue weighted by Crippen LogP contribution is 2.32. The predicted octanol–water partition coefficient (Wildman–Crippen LogP) is 5.85. The van der Waals surface area contributed by atoms with E-state index in [1.165, 1.54) is 12.1 Å². The molecular formula is C30H30FN5. The lowest BCUT2D eigenvalue weighted by Gasteiger charge is -2.34. The number of para-hydroxylation sites is 1. The highest BCUT2D eigenvalue weighted by Gasteiger charge is 2.21. The van der Waals surface area contributed by atoms with Crippen LogP contribution < -0.4 is 5.73 Å². The van der Waals surface area contributed by atoms with Gasteiger partial charge in [-0.3, -0.25) is 0 Å². The van der Waals surface area contributed by atoms with Crippen molar-refractivity contribution in [2.24, 2.45) is 5.73 Å². The Balaban J connectivity index is 1.42. The van der Waals surface area contributed by atoms with Crippen molar-refractivity contribution < 1.29 is 4.39 Å². The van der Waals surface area contributed by atoms with Gasteiger partial charge in [-0.25, -0.2) is 9.37 Å². The van der Waals surface area contributed by atoms with Gasteiger partial charge in [-0.15, -0.1) is 0 Å². The summed E-state index contributed by atoms with van der Waals surface area (Å²) in [7, 11) is 0. The topological polar surface area (TPSA) is 51.5 Å². The molecule has 2 aromatic carbocycles. The molecule has 6 heteroatoms. The normalized spacial score (nSPS) is 16.2. The minimum absolute atomic E-state index is 0.197. The zero-order valence-electron chi connectivity index (χ0n) is 20.5. The number of hydrogen-bond acceptors (Lipinski definition) is 3. The SMILES string of the molecule is C=C(c1ccn2c(C)c(-c3cc4ccccc4n3Cc3ccc(F)cc3)nc2c1)N1CCCC(N)C1. The van der Waals surface area contributed by atoms with Crippen molar-refractivity contribution >= 4 is 22.2 Å². The van der Waals surface area contributed by atoms with Crippen LogP contribution in [0, 0.1) is 12.7 Å². The minimum Gasteiger partial charge on any atom is -0.370 e. The van der Waals surface area contributed by atoms with Crippen molar-refractivity contribution in [2.45, 2.75) is 32.4 Å². The molecule has 0 aliphatic carbocycles. The number of rotatable bonds is 5. The molecule has 4 heterocycles. The number of hydrogen-bond donors (Lipinski definition) is 1. The van der Waals surface area contributed by atoms with Gasteiger partial charge in [0.2, 0.25) is 0 Å². The molecule has 1 saturated heterocycles. The van der Waals surface area contributed by atoms with Crippen LogP contribution in [0.15, 0.2) is 79.5 Å². The van der Waals surface area contributed by atoms with E-state index in [2.05, 4.69) is 70.0 Å². The van der Waals surface area contributed by atoms with Crippen molar-refractivity contribution in [3.05, 3.63) is 102 Å². The molecule has 1 unspecified atom stereocenters. The molecule has 0 bridgehead atoms. The van der Waals surface area contributed by atoms with Crippen LogP contribution in [0.25, 0.3) is 33.6 Å². The fourth-order valence-electron chi connectivity index (χ4n) is 5.38. The summed E-state index contributed by atoms with van der Waals surface area (Å²) in [5, 5.41) is 1.15. The molecule has 5 aromatic rings. The number of imidazole rings is 1. The van der Waals surface area contributed by atoms with E-state index in [4.69, 9.17) is 10.7 Å². The molecule has 0 radical (unpaired) electrons. The molecule has 36 heavy (non-hydrogen) atoms. The molecule has 2 N–H and O–H groups in total. The summed E-state index contributed by atoms with van der Waals surface area (Å²) in [6.45, 7) is 8.94. The summed E-state index contributed by atoms with van der Waals surface area (Å²) < 4.78 is 17.9. The van der Waals surface area contributed by atoms with Gasteiger partial charge in [0.25, 0.3) is 0 Å². The molecule has 0 spiro atoms. The Morgan fingerprint density at radius 1 is 1.11 bits per heavy atom. The fourth-order valence-corrected chi connectivity index (χ4v) is 5.38. The average molecular weight is 480 g/mol. The molecule has 1 aliphatic heterocycles. The van der Waals surface area contributed by atoms with Crippen LogP contribution in [0.1, 0.15) is 29.7 Å². The summed E-state index contributed by atoms with van der Waals surface area (Å²) in [6, 6.07) is 21.7. The molecule has 0 amide bonds. The maximum absolute atomic E-state index is 13.5. The van der Waals surface area contributed by atoms with Gasteiger partial charge in [-0.2, -0.15) is 0 Å². The van der Waals surface area contributed by atoms with Crippen LogP contribution in [0.3, 0.4) is 0 Å². The maximum atomic E-state index is 13.5. The number of fused-ring (bicyclic) bond motifs is 2. The van der Waals surface area contributed by atoms with Gasteiger partial charge in [0.15, 0.2) is 0 Å². The number of pyridine rings is 1. The Kier molecular flexibility index (Phi) is 5.61. The van der Waals surface area contributed by atoms with Crippen molar-refractivity contribution in [1.82, 2.24) is 18.9 Å². The lowest BCUT2D eigenvalue weighted by atomic mass is 10.0. The number of benzene rings is 2. The van der Waals surface area contributed by atoms with Gasteiger partial charge in [-0.05, 0) is 61.7 Å². The molecular weight excluding hydrogens is 449 g/mol. The molecule has 182 valence electrons. The predicted molar refractivity (Wildman–Crippen MR) is 144 cm³/mol. The van der Waals surface area contributed by atoms with Gasteiger partial charge in [0, 0.05) is 59.7 Å². The second kappa shape index (κ2) is 8.95. The van der Waals surface area contributed by atoms with Crippen LogP contribution >= 0.6 is 0 Å². The molecule has 0 saturated carbocycles. The quantitative estimate of drug-likeness (QED) is 0.344. The first-order chi connectivity index (χ1) is 17.5. The van der Waals surface area contributed by atoms with Crippen molar-refractivity contribution in [1.29, 1.82) is 0 Å². The number of aromatic nitrogens is 3. The Morgan fingerprint density at radius 3 is 2.72 bits per heavy atom. The van der Waals surface area contributed by atoms with E-state index in [0.29, 0.717) is 6.54 Å². The highest BCUT2D eigenvalue weighted by molar-refractivity contribution is 5.87. The Hall–Kier alpha value is -3.90. The van der Waals surface area contributed by atoms with Crippen LogP contribution in [-0.2, 0) is 6.54 Å². The molecule has 3 aromatic heterocycles.